The Kier molecular flexibility index (Phi) is 5.46. The molecule has 5 nitrogen and oxygen atoms in total. The molecule has 0 fully saturated rings. The topological polar surface area (TPSA) is 63.5 Å². The average molecular weight is 349 g/mol. The van der Waals surface area contributed by atoms with Crippen molar-refractivity contribution in [1.29, 1.82) is 0 Å². The molecule has 3 aromatic rings. The second-order valence-corrected chi connectivity index (χ2v) is 6.54. The van der Waals surface area contributed by atoms with E-state index in [0.29, 0.717) is 18.5 Å². The summed E-state index contributed by atoms with van der Waals surface area (Å²) in [6, 6.07) is 11.7. The van der Waals surface area contributed by atoms with Crippen molar-refractivity contribution in [2.45, 2.75) is 33.1 Å². The minimum atomic E-state index is -0.104. The van der Waals surface area contributed by atoms with Crippen molar-refractivity contribution in [3.05, 3.63) is 71.2 Å². The molecule has 1 aromatic carbocycles. The summed E-state index contributed by atoms with van der Waals surface area (Å²) < 4.78 is 1.96. The van der Waals surface area contributed by atoms with Crippen molar-refractivity contribution in [1.82, 2.24) is 14.7 Å². The normalized spacial score (nSPS) is 10.8. The predicted molar refractivity (Wildman–Crippen MR) is 101 cm³/mol. The van der Waals surface area contributed by atoms with Gasteiger partial charge < -0.3 is 9.72 Å². The molecular weight excluding hydrogens is 326 g/mol. The molecule has 134 valence electrons. The Balaban J connectivity index is 1.45. The Morgan fingerprint density at radius 2 is 1.96 bits per heavy atom. The van der Waals surface area contributed by atoms with Crippen molar-refractivity contribution in [2.24, 2.45) is 0 Å². The van der Waals surface area contributed by atoms with Gasteiger partial charge in [-0.1, -0.05) is 23.8 Å². The average Bonchev–Trinajstić information content (AvgIpc) is 3.04. The van der Waals surface area contributed by atoms with Crippen LogP contribution in [0.3, 0.4) is 0 Å². The molecule has 0 aliphatic heterocycles. The molecule has 2 heterocycles. The van der Waals surface area contributed by atoms with Gasteiger partial charge in [0, 0.05) is 43.8 Å². The van der Waals surface area contributed by atoms with Gasteiger partial charge in [-0.2, -0.15) is 0 Å². The summed E-state index contributed by atoms with van der Waals surface area (Å²) in [6.07, 6.45) is 5.01. The lowest BCUT2D eigenvalue weighted by Crippen LogP contribution is -2.26. The molecule has 5 heteroatoms. The maximum Gasteiger partial charge on any atom is 0.220 e. The minimum absolute atomic E-state index is 0.0155. The summed E-state index contributed by atoms with van der Waals surface area (Å²) in [5, 5.41) is 2.87. The van der Waals surface area contributed by atoms with E-state index < -0.39 is 0 Å². The first-order chi connectivity index (χ1) is 12.5. The van der Waals surface area contributed by atoms with Crippen LogP contribution in [-0.4, -0.2) is 27.6 Å². The first-order valence-electron chi connectivity index (χ1n) is 8.83. The van der Waals surface area contributed by atoms with Gasteiger partial charge in [0.05, 0.1) is 5.69 Å². The van der Waals surface area contributed by atoms with Crippen LogP contribution in [-0.2, 0) is 11.2 Å². The lowest BCUT2D eigenvalue weighted by atomic mass is 9.99. The molecule has 0 saturated carbocycles. The molecule has 1 amide bonds. The van der Waals surface area contributed by atoms with Crippen LogP contribution in [0.25, 0.3) is 5.65 Å². The first kappa shape index (κ1) is 17.9. The van der Waals surface area contributed by atoms with E-state index in [2.05, 4.69) is 10.3 Å². The largest absolute Gasteiger partial charge is 0.356 e. The third-order valence-corrected chi connectivity index (χ3v) is 4.39. The number of benzene rings is 1. The second kappa shape index (κ2) is 7.95. The zero-order valence-electron chi connectivity index (χ0n) is 15.2. The van der Waals surface area contributed by atoms with E-state index in [0.717, 1.165) is 22.5 Å². The van der Waals surface area contributed by atoms with Crippen LogP contribution in [0.15, 0.2) is 48.8 Å². The highest BCUT2D eigenvalue weighted by Crippen LogP contribution is 2.14. The zero-order valence-corrected chi connectivity index (χ0v) is 15.2. The Morgan fingerprint density at radius 3 is 2.77 bits per heavy atom. The predicted octanol–water partition coefficient (Wildman–Crippen LogP) is 3.27. The van der Waals surface area contributed by atoms with Gasteiger partial charge in [0.15, 0.2) is 5.78 Å². The van der Waals surface area contributed by atoms with Crippen molar-refractivity contribution in [3.63, 3.8) is 0 Å². The maximum atomic E-state index is 12.3. The Labute approximate surface area is 153 Å². The van der Waals surface area contributed by atoms with E-state index in [9.17, 15) is 9.59 Å². The number of nitrogens with one attached hydrogen (secondary N) is 1. The van der Waals surface area contributed by atoms with Gasteiger partial charge in [0.1, 0.15) is 5.65 Å². The quantitative estimate of drug-likeness (QED) is 0.666. The number of aromatic nitrogens is 2. The van der Waals surface area contributed by atoms with E-state index in [-0.39, 0.29) is 24.5 Å². The maximum absolute atomic E-state index is 12.3. The Bertz CT molecular complexity index is 910. The Hall–Kier alpha value is -2.95. The van der Waals surface area contributed by atoms with E-state index in [1.165, 1.54) is 0 Å². The number of hydrogen-bond donors (Lipinski definition) is 1. The fourth-order valence-electron chi connectivity index (χ4n) is 2.92. The zero-order chi connectivity index (χ0) is 18.5. The van der Waals surface area contributed by atoms with E-state index >= 15 is 0 Å². The lowest BCUT2D eigenvalue weighted by Gasteiger charge is -2.07. The highest BCUT2D eigenvalue weighted by molar-refractivity contribution is 5.99. The number of aryl methyl sites for hydroxylation is 2. The second-order valence-electron chi connectivity index (χ2n) is 6.54. The standard InChI is InChI=1S/C21H23N3O2/c1-15-6-7-16(2)18(13-15)19(25)8-9-21(26)22-11-10-17-14-24-12-4-3-5-20(24)23-17/h3-7,12-14H,8-11H2,1-2H3,(H,22,26). The van der Waals surface area contributed by atoms with E-state index in [4.69, 9.17) is 0 Å². The third-order valence-electron chi connectivity index (χ3n) is 4.39. The van der Waals surface area contributed by atoms with Crippen molar-refractivity contribution >= 4 is 17.3 Å². The van der Waals surface area contributed by atoms with Crippen LogP contribution in [0.1, 0.15) is 40.0 Å². The molecule has 0 atom stereocenters. The van der Waals surface area contributed by atoms with Crippen LogP contribution in [0, 0.1) is 13.8 Å². The molecule has 0 aliphatic rings. The third kappa shape index (κ3) is 4.36. The molecule has 0 unspecified atom stereocenters. The van der Waals surface area contributed by atoms with Crippen LogP contribution in [0.2, 0.25) is 0 Å². The van der Waals surface area contributed by atoms with Crippen LogP contribution in [0.5, 0.6) is 0 Å². The molecule has 0 aliphatic carbocycles. The van der Waals surface area contributed by atoms with Crippen LogP contribution >= 0.6 is 0 Å². The molecular formula is C21H23N3O2. The fourth-order valence-corrected chi connectivity index (χ4v) is 2.92. The van der Waals surface area contributed by atoms with Gasteiger partial charge in [0.25, 0.3) is 0 Å². The number of pyridine rings is 1. The number of carbonyl (C=O) groups is 2. The van der Waals surface area contributed by atoms with Crippen molar-refractivity contribution < 1.29 is 9.59 Å². The van der Waals surface area contributed by atoms with Gasteiger partial charge in [-0.15, -0.1) is 0 Å². The Morgan fingerprint density at radius 1 is 1.12 bits per heavy atom. The number of carbonyl (C=O) groups excluding carboxylic acids is 2. The fraction of sp³-hybridized carbons (Fsp3) is 0.286. The van der Waals surface area contributed by atoms with Gasteiger partial charge in [-0.3, -0.25) is 9.59 Å². The monoisotopic (exact) mass is 349 g/mol. The first-order valence-corrected chi connectivity index (χ1v) is 8.83. The molecule has 0 saturated heterocycles. The summed E-state index contributed by atoms with van der Waals surface area (Å²) >= 11 is 0. The number of nitrogens with zero attached hydrogens (tertiary/aromatic N) is 2. The van der Waals surface area contributed by atoms with Crippen molar-refractivity contribution in [2.75, 3.05) is 6.54 Å². The number of fused-ring (bicyclic) bond motifs is 1. The highest BCUT2D eigenvalue weighted by Gasteiger charge is 2.12. The van der Waals surface area contributed by atoms with Crippen LogP contribution < -0.4 is 5.32 Å². The number of hydrogen-bond acceptors (Lipinski definition) is 3. The van der Waals surface area contributed by atoms with E-state index in [1.54, 1.807) is 0 Å². The molecule has 3 rings (SSSR count). The van der Waals surface area contributed by atoms with Gasteiger partial charge in [-0.05, 0) is 37.6 Å². The molecule has 26 heavy (non-hydrogen) atoms. The molecule has 2 aromatic heterocycles. The minimum Gasteiger partial charge on any atom is -0.356 e. The summed E-state index contributed by atoms with van der Waals surface area (Å²) in [6.45, 7) is 4.39. The number of imidazole rings is 1. The highest BCUT2D eigenvalue weighted by atomic mass is 16.2. The summed E-state index contributed by atoms with van der Waals surface area (Å²) in [5.74, 6) is -0.0888. The molecule has 0 bridgehead atoms. The number of rotatable bonds is 7. The lowest BCUT2D eigenvalue weighted by molar-refractivity contribution is -0.121. The molecule has 0 radical (unpaired) electrons. The smallest absolute Gasteiger partial charge is 0.220 e. The number of ketones is 1. The number of Topliss-reactive ketones (excluding diaryl/α,β-unsaturated/α-hetero) is 1. The van der Waals surface area contributed by atoms with Gasteiger partial charge in [-0.25, -0.2) is 4.98 Å². The van der Waals surface area contributed by atoms with Crippen molar-refractivity contribution in [3.8, 4) is 0 Å². The summed E-state index contributed by atoms with van der Waals surface area (Å²) in [7, 11) is 0. The van der Waals surface area contributed by atoms with Gasteiger partial charge in [0.2, 0.25) is 5.91 Å². The molecule has 1 N–H and O–H groups in total. The summed E-state index contributed by atoms with van der Waals surface area (Å²) in [5.41, 5.74) is 4.54. The summed E-state index contributed by atoms with van der Waals surface area (Å²) in [4.78, 5) is 28.8. The van der Waals surface area contributed by atoms with E-state index in [1.807, 2.05) is 67.0 Å². The SMILES string of the molecule is Cc1ccc(C)c(C(=O)CCC(=O)NCCc2cn3ccccc3n2)c1. The number of amides is 1. The van der Waals surface area contributed by atoms with Crippen LogP contribution in [0.4, 0.5) is 0 Å². The van der Waals surface area contributed by atoms with Gasteiger partial charge >= 0.3 is 0 Å². The molecule has 0 spiro atoms.